The summed E-state index contributed by atoms with van der Waals surface area (Å²) < 4.78 is 10.8. The molecule has 98 valence electrons. The van der Waals surface area contributed by atoms with Crippen LogP contribution in [0.15, 0.2) is 35.9 Å². The van der Waals surface area contributed by atoms with Crippen LogP contribution in [0.4, 0.5) is 0 Å². The molecule has 4 heteroatoms. The SMILES string of the molecule is CCOc1cccc(OCC=C(CC)C(=O)O)c1. The number of hydrogen-bond acceptors (Lipinski definition) is 3. The van der Waals surface area contributed by atoms with Crippen molar-refractivity contribution >= 4 is 5.97 Å². The van der Waals surface area contributed by atoms with Crippen molar-refractivity contribution in [1.82, 2.24) is 0 Å². The van der Waals surface area contributed by atoms with Crippen LogP contribution < -0.4 is 9.47 Å². The molecule has 0 aliphatic heterocycles. The third kappa shape index (κ3) is 4.49. The van der Waals surface area contributed by atoms with Gasteiger partial charge in [0.05, 0.1) is 6.61 Å². The molecule has 0 saturated carbocycles. The first-order valence-electron chi connectivity index (χ1n) is 5.95. The van der Waals surface area contributed by atoms with Crippen LogP contribution in [-0.2, 0) is 4.79 Å². The molecule has 0 amide bonds. The summed E-state index contributed by atoms with van der Waals surface area (Å²) in [6, 6.07) is 7.27. The maximum atomic E-state index is 10.8. The van der Waals surface area contributed by atoms with Crippen molar-refractivity contribution in [3.8, 4) is 11.5 Å². The second kappa shape index (κ2) is 7.37. The molecule has 0 aromatic heterocycles. The van der Waals surface area contributed by atoms with E-state index >= 15 is 0 Å². The first-order valence-corrected chi connectivity index (χ1v) is 5.95. The van der Waals surface area contributed by atoms with Gasteiger partial charge in [-0.2, -0.15) is 0 Å². The van der Waals surface area contributed by atoms with Crippen LogP contribution >= 0.6 is 0 Å². The van der Waals surface area contributed by atoms with Crippen molar-refractivity contribution in [2.75, 3.05) is 13.2 Å². The number of carboxylic acids is 1. The van der Waals surface area contributed by atoms with E-state index in [-0.39, 0.29) is 6.61 Å². The molecule has 0 unspecified atom stereocenters. The number of ether oxygens (including phenoxy) is 2. The Labute approximate surface area is 107 Å². The molecular weight excluding hydrogens is 232 g/mol. The van der Waals surface area contributed by atoms with Gasteiger partial charge in [-0.15, -0.1) is 0 Å². The average molecular weight is 250 g/mol. The minimum atomic E-state index is -0.899. The van der Waals surface area contributed by atoms with Crippen molar-refractivity contribution < 1.29 is 19.4 Å². The van der Waals surface area contributed by atoms with Gasteiger partial charge in [0, 0.05) is 11.6 Å². The van der Waals surface area contributed by atoms with Crippen LogP contribution in [0.2, 0.25) is 0 Å². The number of aliphatic carboxylic acids is 1. The lowest BCUT2D eigenvalue weighted by molar-refractivity contribution is -0.132. The summed E-state index contributed by atoms with van der Waals surface area (Å²) in [6.45, 7) is 4.56. The second-order valence-corrected chi connectivity index (χ2v) is 3.61. The highest BCUT2D eigenvalue weighted by Crippen LogP contribution is 2.19. The van der Waals surface area contributed by atoms with Gasteiger partial charge in [0.1, 0.15) is 18.1 Å². The minimum Gasteiger partial charge on any atom is -0.494 e. The van der Waals surface area contributed by atoms with E-state index in [0.717, 1.165) is 5.75 Å². The molecule has 0 saturated heterocycles. The summed E-state index contributed by atoms with van der Waals surface area (Å²) in [5, 5.41) is 8.84. The Morgan fingerprint density at radius 3 is 2.50 bits per heavy atom. The highest BCUT2D eigenvalue weighted by molar-refractivity contribution is 5.86. The summed E-state index contributed by atoms with van der Waals surface area (Å²) in [6.07, 6.45) is 2.06. The predicted molar refractivity (Wildman–Crippen MR) is 69.1 cm³/mol. The number of carboxylic acid groups (broad SMARTS) is 1. The van der Waals surface area contributed by atoms with Crippen LogP contribution in [0.1, 0.15) is 20.3 Å². The first kappa shape index (κ1) is 14.1. The third-order valence-corrected chi connectivity index (χ3v) is 2.35. The van der Waals surface area contributed by atoms with Crippen LogP contribution in [0.3, 0.4) is 0 Å². The van der Waals surface area contributed by atoms with E-state index in [2.05, 4.69) is 0 Å². The summed E-state index contributed by atoms with van der Waals surface area (Å²) in [7, 11) is 0. The zero-order valence-electron chi connectivity index (χ0n) is 10.7. The van der Waals surface area contributed by atoms with Crippen LogP contribution in [-0.4, -0.2) is 24.3 Å². The van der Waals surface area contributed by atoms with Gasteiger partial charge in [-0.1, -0.05) is 13.0 Å². The molecule has 0 spiro atoms. The molecule has 1 rings (SSSR count). The lowest BCUT2D eigenvalue weighted by atomic mass is 10.2. The van der Waals surface area contributed by atoms with E-state index < -0.39 is 5.97 Å². The number of hydrogen-bond donors (Lipinski definition) is 1. The van der Waals surface area contributed by atoms with E-state index in [1.54, 1.807) is 19.1 Å². The smallest absolute Gasteiger partial charge is 0.331 e. The largest absolute Gasteiger partial charge is 0.494 e. The maximum Gasteiger partial charge on any atom is 0.331 e. The number of carbonyl (C=O) groups is 1. The number of benzene rings is 1. The molecule has 1 aromatic rings. The quantitative estimate of drug-likeness (QED) is 0.756. The lowest BCUT2D eigenvalue weighted by Crippen LogP contribution is -2.03. The van der Waals surface area contributed by atoms with E-state index in [1.807, 2.05) is 25.1 Å². The van der Waals surface area contributed by atoms with Gasteiger partial charge in [0.15, 0.2) is 0 Å². The third-order valence-electron chi connectivity index (χ3n) is 2.35. The van der Waals surface area contributed by atoms with Gasteiger partial charge in [0.25, 0.3) is 0 Å². The molecule has 0 heterocycles. The standard InChI is InChI=1S/C14H18O4/c1-3-11(14(15)16)8-9-18-13-7-5-6-12(10-13)17-4-2/h5-8,10H,3-4,9H2,1-2H3,(H,15,16). The van der Waals surface area contributed by atoms with Crippen molar-refractivity contribution in [3.05, 3.63) is 35.9 Å². The number of rotatable bonds is 7. The minimum absolute atomic E-state index is 0.241. The molecular formula is C14H18O4. The summed E-state index contributed by atoms with van der Waals surface area (Å²) >= 11 is 0. The summed E-state index contributed by atoms with van der Waals surface area (Å²) in [5.41, 5.74) is 0.357. The molecule has 1 N–H and O–H groups in total. The predicted octanol–water partition coefficient (Wildman–Crippen LogP) is 2.89. The molecule has 0 aliphatic carbocycles. The molecule has 0 aliphatic rings. The zero-order chi connectivity index (χ0) is 13.4. The molecule has 4 nitrogen and oxygen atoms in total. The molecule has 0 radical (unpaired) electrons. The van der Waals surface area contributed by atoms with Crippen molar-refractivity contribution in [2.45, 2.75) is 20.3 Å². The topological polar surface area (TPSA) is 55.8 Å². The average Bonchev–Trinajstić information content (AvgIpc) is 2.35. The van der Waals surface area contributed by atoms with Gasteiger partial charge >= 0.3 is 5.97 Å². The maximum absolute atomic E-state index is 10.8. The van der Waals surface area contributed by atoms with E-state index in [1.165, 1.54) is 0 Å². The van der Waals surface area contributed by atoms with E-state index in [0.29, 0.717) is 24.4 Å². The fraction of sp³-hybridized carbons (Fsp3) is 0.357. The summed E-state index contributed by atoms with van der Waals surface area (Å²) in [5.74, 6) is 0.509. The normalized spacial score (nSPS) is 11.1. The molecule has 1 aromatic carbocycles. The van der Waals surface area contributed by atoms with Crippen molar-refractivity contribution in [1.29, 1.82) is 0 Å². The van der Waals surface area contributed by atoms with Crippen molar-refractivity contribution in [2.24, 2.45) is 0 Å². The highest BCUT2D eigenvalue weighted by Gasteiger charge is 2.03. The van der Waals surface area contributed by atoms with E-state index in [4.69, 9.17) is 14.6 Å². The monoisotopic (exact) mass is 250 g/mol. The Balaban J connectivity index is 2.58. The van der Waals surface area contributed by atoms with Crippen LogP contribution in [0.5, 0.6) is 11.5 Å². The Kier molecular flexibility index (Phi) is 5.77. The summed E-state index contributed by atoms with van der Waals surface area (Å²) in [4.78, 5) is 10.8. The molecule has 0 fully saturated rings. The van der Waals surface area contributed by atoms with Gasteiger partial charge in [0.2, 0.25) is 0 Å². The van der Waals surface area contributed by atoms with E-state index in [9.17, 15) is 4.79 Å². The fourth-order valence-corrected chi connectivity index (χ4v) is 1.44. The first-order chi connectivity index (χ1) is 8.67. The van der Waals surface area contributed by atoms with Gasteiger partial charge in [-0.3, -0.25) is 0 Å². The molecule has 18 heavy (non-hydrogen) atoms. The Bertz CT molecular complexity index is 424. The zero-order valence-corrected chi connectivity index (χ0v) is 10.7. The van der Waals surface area contributed by atoms with Gasteiger partial charge in [-0.25, -0.2) is 4.79 Å². The molecule has 0 atom stereocenters. The Morgan fingerprint density at radius 1 is 1.28 bits per heavy atom. The Morgan fingerprint density at radius 2 is 1.94 bits per heavy atom. The highest BCUT2D eigenvalue weighted by atomic mass is 16.5. The van der Waals surface area contributed by atoms with Crippen molar-refractivity contribution in [3.63, 3.8) is 0 Å². The fourth-order valence-electron chi connectivity index (χ4n) is 1.44. The molecule has 0 bridgehead atoms. The second-order valence-electron chi connectivity index (χ2n) is 3.61. The van der Waals surface area contributed by atoms with Gasteiger partial charge < -0.3 is 14.6 Å². The lowest BCUT2D eigenvalue weighted by Gasteiger charge is -2.07. The van der Waals surface area contributed by atoms with Crippen LogP contribution in [0, 0.1) is 0 Å². The Hall–Kier alpha value is -1.97. The van der Waals surface area contributed by atoms with Crippen LogP contribution in [0.25, 0.3) is 0 Å². The van der Waals surface area contributed by atoms with Gasteiger partial charge in [-0.05, 0) is 31.6 Å².